The lowest BCUT2D eigenvalue weighted by atomic mass is 10.1. The van der Waals surface area contributed by atoms with Crippen LogP contribution in [0.3, 0.4) is 0 Å². The first-order chi connectivity index (χ1) is 9.10. The maximum atomic E-state index is 13.3. The highest BCUT2D eigenvalue weighted by Crippen LogP contribution is 2.27. The molecule has 4 heteroatoms. The smallest absolute Gasteiger partial charge is 0.123 e. The number of hydrogen-bond donors (Lipinski definition) is 2. The maximum absolute atomic E-state index is 13.3. The van der Waals surface area contributed by atoms with Crippen LogP contribution < -0.4 is 5.32 Å². The Morgan fingerprint density at radius 3 is 2.53 bits per heavy atom. The predicted octanol–water partition coefficient (Wildman–Crippen LogP) is 4.04. The molecule has 0 saturated heterocycles. The van der Waals surface area contributed by atoms with Gasteiger partial charge in [-0.3, -0.25) is 0 Å². The third-order valence-corrected chi connectivity index (χ3v) is 3.63. The van der Waals surface area contributed by atoms with E-state index in [1.807, 2.05) is 31.2 Å². The molecule has 2 rings (SSSR count). The van der Waals surface area contributed by atoms with Gasteiger partial charge in [0, 0.05) is 10.2 Å². The molecule has 0 aromatic heterocycles. The van der Waals surface area contributed by atoms with Crippen molar-refractivity contribution in [2.24, 2.45) is 0 Å². The molecule has 0 amide bonds. The van der Waals surface area contributed by atoms with E-state index in [1.54, 1.807) is 6.07 Å². The van der Waals surface area contributed by atoms with E-state index in [-0.39, 0.29) is 18.5 Å². The quantitative estimate of drug-likeness (QED) is 0.889. The molecule has 0 radical (unpaired) electrons. The number of hydrogen-bond acceptors (Lipinski definition) is 2. The van der Waals surface area contributed by atoms with Crippen LogP contribution in [0.1, 0.15) is 17.2 Å². The van der Waals surface area contributed by atoms with Crippen molar-refractivity contribution < 1.29 is 9.50 Å². The van der Waals surface area contributed by atoms with Crippen LogP contribution in [0.25, 0.3) is 0 Å². The Morgan fingerprint density at radius 2 is 1.89 bits per heavy atom. The Kier molecular flexibility index (Phi) is 4.56. The zero-order chi connectivity index (χ0) is 13.8. The van der Waals surface area contributed by atoms with E-state index in [4.69, 9.17) is 0 Å². The second-order valence-corrected chi connectivity index (χ2v) is 5.27. The van der Waals surface area contributed by atoms with Crippen molar-refractivity contribution >= 4 is 21.6 Å². The van der Waals surface area contributed by atoms with Crippen molar-refractivity contribution in [3.05, 3.63) is 63.9 Å². The molecule has 100 valence electrons. The minimum Gasteiger partial charge on any atom is -0.394 e. The van der Waals surface area contributed by atoms with Crippen LogP contribution in [0.15, 0.2) is 46.9 Å². The average molecular weight is 324 g/mol. The summed E-state index contributed by atoms with van der Waals surface area (Å²) in [7, 11) is 0. The number of nitrogens with one attached hydrogen (secondary N) is 1. The van der Waals surface area contributed by atoms with Crippen LogP contribution in [0.5, 0.6) is 0 Å². The van der Waals surface area contributed by atoms with Crippen molar-refractivity contribution in [3.8, 4) is 0 Å². The summed E-state index contributed by atoms with van der Waals surface area (Å²) in [6.07, 6.45) is 0. The Balaban J connectivity index is 2.24. The van der Waals surface area contributed by atoms with E-state index in [1.165, 1.54) is 12.1 Å². The first-order valence-electron chi connectivity index (χ1n) is 5.99. The molecule has 2 N–H and O–H groups in total. The number of aliphatic hydroxyl groups is 1. The molecule has 2 aromatic carbocycles. The first kappa shape index (κ1) is 14.0. The lowest BCUT2D eigenvalue weighted by molar-refractivity contribution is 0.276. The SMILES string of the molecule is Cc1ccc(NC(CO)c2cc(F)ccc2Br)cc1. The molecule has 0 aliphatic rings. The van der Waals surface area contributed by atoms with Gasteiger partial charge in [-0.2, -0.15) is 0 Å². The van der Waals surface area contributed by atoms with Gasteiger partial charge in [0.05, 0.1) is 12.6 Å². The Labute approximate surface area is 120 Å². The van der Waals surface area contributed by atoms with Crippen molar-refractivity contribution in [1.29, 1.82) is 0 Å². The summed E-state index contributed by atoms with van der Waals surface area (Å²) >= 11 is 3.38. The van der Waals surface area contributed by atoms with Gasteiger partial charge in [0.1, 0.15) is 5.82 Å². The van der Waals surface area contributed by atoms with Gasteiger partial charge < -0.3 is 10.4 Å². The fraction of sp³-hybridized carbons (Fsp3) is 0.200. The summed E-state index contributed by atoms with van der Waals surface area (Å²) in [6.45, 7) is 1.90. The first-order valence-corrected chi connectivity index (χ1v) is 6.78. The van der Waals surface area contributed by atoms with Crippen LogP contribution in [-0.2, 0) is 0 Å². The topological polar surface area (TPSA) is 32.3 Å². The average Bonchev–Trinajstić information content (AvgIpc) is 2.41. The molecule has 2 nitrogen and oxygen atoms in total. The van der Waals surface area contributed by atoms with Gasteiger partial charge in [-0.25, -0.2) is 4.39 Å². The van der Waals surface area contributed by atoms with E-state index >= 15 is 0 Å². The molecular weight excluding hydrogens is 309 g/mol. The highest BCUT2D eigenvalue weighted by Gasteiger charge is 2.14. The van der Waals surface area contributed by atoms with Crippen molar-refractivity contribution in [2.75, 3.05) is 11.9 Å². The monoisotopic (exact) mass is 323 g/mol. The summed E-state index contributed by atoms with van der Waals surface area (Å²) < 4.78 is 14.1. The van der Waals surface area contributed by atoms with E-state index in [2.05, 4.69) is 21.2 Å². The van der Waals surface area contributed by atoms with Crippen LogP contribution in [-0.4, -0.2) is 11.7 Å². The lowest BCUT2D eigenvalue weighted by Gasteiger charge is -2.19. The number of aryl methyl sites for hydroxylation is 1. The van der Waals surface area contributed by atoms with E-state index < -0.39 is 0 Å². The highest BCUT2D eigenvalue weighted by molar-refractivity contribution is 9.10. The molecule has 1 unspecified atom stereocenters. The number of anilines is 1. The molecule has 0 aliphatic heterocycles. The van der Waals surface area contributed by atoms with Crippen LogP contribution in [0, 0.1) is 12.7 Å². The van der Waals surface area contributed by atoms with Gasteiger partial charge in [0.2, 0.25) is 0 Å². The predicted molar refractivity (Wildman–Crippen MR) is 78.7 cm³/mol. The van der Waals surface area contributed by atoms with Gasteiger partial charge in [-0.1, -0.05) is 33.6 Å². The van der Waals surface area contributed by atoms with Gasteiger partial charge in [-0.05, 0) is 42.8 Å². The Morgan fingerprint density at radius 1 is 1.21 bits per heavy atom. The Bertz CT molecular complexity index is 557. The zero-order valence-electron chi connectivity index (χ0n) is 10.5. The van der Waals surface area contributed by atoms with Crippen LogP contribution >= 0.6 is 15.9 Å². The van der Waals surface area contributed by atoms with E-state index in [9.17, 15) is 9.50 Å². The fourth-order valence-corrected chi connectivity index (χ4v) is 2.38. The second-order valence-electron chi connectivity index (χ2n) is 4.41. The van der Waals surface area contributed by atoms with E-state index in [0.29, 0.717) is 5.56 Å². The number of benzene rings is 2. The van der Waals surface area contributed by atoms with E-state index in [0.717, 1.165) is 15.7 Å². The van der Waals surface area contributed by atoms with Crippen LogP contribution in [0.2, 0.25) is 0 Å². The summed E-state index contributed by atoms with van der Waals surface area (Å²) in [5, 5.41) is 12.7. The molecule has 0 bridgehead atoms. The lowest BCUT2D eigenvalue weighted by Crippen LogP contribution is -2.15. The standard InChI is InChI=1S/C15H15BrFNO/c1-10-2-5-12(6-3-10)18-15(9-19)13-8-11(17)4-7-14(13)16/h2-8,15,18-19H,9H2,1H3. The van der Waals surface area contributed by atoms with Gasteiger partial charge >= 0.3 is 0 Å². The normalized spacial score (nSPS) is 12.2. The number of halogens is 2. The third-order valence-electron chi connectivity index (χ3n) is 2.91. The summed E-state index contributed by atoms with van der Waals surface area (Å²) in [5.41, 5.74) is 2.75. The number of rotatable bonds is 4. The third kappa shape index (κ3) is 3.55. The van der Waals surface area contributed by atoms with Crippen molar-refractivity contribution in [3.63, 3.8) is 0 Å². The van der Waals surface area contributed by atoms with Gasteiger partial charge in [0.25, 0.3) is 0 Å². The van der Waals surface area contributed by atoms with Gasteiger partial charge in [-0.15, -0.1) is 0 Å². The van der Waals surface area contributed by atoms with Crippen molar-refractivity contribution in [2.45, 2.75) is 13.0 Å². The van der Waals surface area contributed by atoms with Gasteiger partial charge in [0.15, 0.2) is 0 Å². The minimum atomic E-state index is -0.354. The highest BCUT2D eigenvalue weighted by atomic mass is 79.9. The maximum Gasteiger partial charge on any atom is 0.123 e. The molecule has 0 saturated carbocycles. The minimum absolute atomic E-state index is 0.115. The van der Waals surface area contributed by atoms with Crippen molar-refractivity contribution in [1.82, 2.24) is 0 Å². The summed E-state index contributed by atoms with van der Waals surface area (Å²) in [6, 6.07) is 11.9. The Hall–Kier alpha value is -1.39. The molecule has 1 atom stereocenters. The molecule has 19 heavy (non-hydrogen) atoms. The molecule has 0 fully saturated rings. The number of aliphatic hydroxyl groups excluding tert-OH is 1. The largest absolute Gasteiger partial charge is 0.394 e. The summed E-state index contributed by atoms with van der Waals surface area (Å²) in [4.78, 5) is 0. The molecule has 0 aliphatic carbocycles. The zero-order valence-corrected chi connectivity index (χ0v) is 12.1. The molecule has 0 spiro atoms. The fourth-order valence-electron chi connectivity index (χ4n) is 1.85. The van der Waals surface area contributed by atoms with Crippen LogP contribution in [0.4, 0.5) is 10.1 Å². The summed E-state index contributed by atoms with van der Waals surface area (Å²) in [5.74, 6) is -0.317. The molecule has 0 heterocycles. The second kappa shape index (κ2) is 6.17. The molecule has 2 aromatic rings. The molecular formula is C15H15BrFNO.